The van der Waals surface area contributed by atoms with E-state index in [4.69, 9.17) is 14.2 Å². The van der Waals surface area contributed by atoms with E-state index in [1.807, 2.05) is 18.2 Å². The summed E-state index contributed by atoms with van der Waals surface area (Å²) < 4.78 is 16.0. The van der Waals surface area contributed by atoms with Crippen LogP contribution in [0.25, 0.3) is 0 Å². The highest BCUT2D eigenvalue weighted by molar-refractivity contribution is 6.07. The van der Waals surface area contributed by atoms with E-state index < -0.39 is 17.5 Å². The van der Waals surface area contributed by atoms with E-state index in [1.165, 1.54) is 13.3 Å². The molecule has 0 radical (unpaired) electrons. The number of methoxy groups -OCH3 is 1. The van der Waals surface area contributed by atoms with Crippen molar-refractivity contribution in [3.8, 4) is 17.2 Å². The van der Waals surface area contributed by atoms with Gasteiger partial charge in [-0.3, -0.25) is 4.79 Å². The van der Waals surface area contributed by atoms with Crippen molar-refractivity contribution in [3.63, 3.8) is 0 Å². The molecule has 0 aromatic heterocycles. The Kier molecular flexibility index (Phi) is 3.95. The lowest BCUT2D eigenvalue weighted by atomic mass is 9.92. The van der Waals surface area contributed by atoms with E-state index in [9.17, 15) is 9.59 Å². The molecule has 0 spiro atoms. The Morgan fingerprint density at radius 2 is 2.00 bits per heavy atom. The molecule has 2 aliphatic rings. The monoisotopic (exact) mass is 367 g/mol. The molecule has 2 aromatic rings. The molecule has 2 heterocycles. The van der Waals surface area contributed by atoms with Crippen LogP contribution in [0.5, 0.6) is 17.2 Å². The van der Waals surface area contributed by atoms with Gasteiger partial charge in [0.2, 0.25) is 12.5 Å². The van der Waals surface area contributed by atoms with Gasteiger partial charge in [-0.15, -0.1) is 5.01 Å². The fraction of sp³-hybridized carbons (Fsp3) is 0.211. The number of ether oxygens (including phenoxy) is 3. The molecule has 0 bridgehead atoms. The van der Waals surface area contributed by atoms with Gasteiger partial charge in [0.05, 0.1) is 13.3 Å². The Morgan fingerprint density at radius 1 is 1.22 bits per heavy atom. The summed E-state index contributed by atoms with van der Waals surface area (Å²) in [6, 6.07) is 11.8. The summed E-state index contributed by atoms with van der Waals surface area (Å²) in [6.07, 6.45) is 1.40. The van der Waals surface area contributed by atoms with Crippen molar-refractivity contribution < 1.29 is 23.8 Å². The number of carbonyl (C=O) groups excluding carboxylic acids is 2. The van der Waals surface area contributed by atoms with Crippen molar-refractivity contribution in [2.24, 2.45) is 5.10 Å². The molecule has 1 N–H and O–H groups in total. The number of fused-ring (bicyclic) bond motifs is 1. The van der Waals surface area contributed by atoms with Gasteiger partial charge in [-0.1, -0.05) is 30.3 Å². The normalized spacial score (nSPS) is 21.0. The largest absolute Gasteiger partial charge is 0.493 e. The summed E-state index contributed by atoms with van der Waals surface area (Å²) in [6.45, 7) is 1.76. The van der Waals surface area contributed by atoms with E-state index in [-0.39, 0.29) is 6.79 Å². The number of imide groups is 1. The zero-order chi connectivity index (χ0) is 19.0. The number of hydrogen-bond acceptors (Lipinski definition) is 6. The van der Waals surface area contributed by atoms with E-state index >= 15 is 0 Å². The van der Waals surface area contributed by atoms with Crippen LogP contribution in [0.3, 0.4) is 0 Å². The van der Waals surface area contributed by atoms with Crippen LogP contribution in [-0.4, -0.2) is 37.1 Å². The molecule has 4 rings (SSSR count). The number of nitrogens with zero attached hydrogens (tertiary/aromatic N) is 2. The molecule has 0 aliphatic carbocycles. The van der Waals surface area contributed by atoms with Crippen LogP contribution in [0.2, 0.25) is 0 Å². The van der Waals surface area contributed by atoms with Gasteiger partial charge in [-0.05, 0) is 24.6 Å². The van der Waals surface area contributed by atoms with Crippen molar-refractivity contribution in [1.29, 1.82) is 0 Å². The van der Waals surface area contributed by atoms with Gasteiger partial charge in [-0.25, -0.2) is 4.79 Å². The van der Waals surface area contributed by atoms with Crippen LogP contribution < -0.4 is 19.5 Å². The summed E-state index contributed by atoms with van der Waals surface area (Å²) in [5, 5.41) is 7.60. The van der Waals surface area contributed by atoms with E-state index in [1.54, 1.807) is 31.2 Å². The third-order valence-electron chi connectivity index (χ3n) is 4.52. The van der Waals surface area contributed by atoms with Crippen LogP contribution in [0.1, 0.15) is 18.1 Å². The number of amides is 3. The molecule has 0 saturated carbocycles. The fourth-order valence-electron chi connectivity index (χ4n) is 3.05. The Morgan fingerprint density at radius 3 is 2.74 bits per heavy atom. The van der Waals surface area contributed by atoms with Crippen LogP contribution in [0.4, 0.5) is 4.79 Å². The molecular weight excluding hydrogens is 350 g/mol. The number of hydrazone groups is 1. The second kappa shape index (κ2) is 6.31. The SMILES string of the molecule is COc1cc(/C=N\N2C(=O)N[C@](C)(c3ccccc3)C2=O)cc2c1OCO2. The highest BCUT2D eigenvalue weighted by Gasteiger charge is 2.49. The van der Waals surface area contributed by atoms with Crippen molar-refractivity contribution in [2.45, 2.75) is 12.5 Å². The fourth-order valence-corrected chi connectivity index (χ4v) is 3.05. The molecule has 8 heteroatoms. The minimum absolute atomic E-state index is 0.106. The Hall–Kier alpha value is -3.55. The summed E-state index contributed by atoms with van der Waals surface area (Å²) in [5.74, 6) is 1.06. The first kappa shape index (κ1) is 16.9. The second-order valence-corrected chi connectivity index (χ2v) is 6.24. The predicted octanol–water partition coefficient (Wildman–Crippen LogP) is 2.22. The molecule has 1 saturated heterocycles. The van der Waals surface area contributed by atoms with Crippen LogP contribution in [0, 0.1) is 0 Å². The lowest BCUT2D eigenvalue weighted by Gasteiger charge is -2.20. The smallest absolute Gasteiger partial charge is 0.346 e. The van der Waals surface area contributed by atoms with Crippen molar-refractivity contribution in [1.82, 2.24) is 10.3 Å². The molecule has 2 aromatic carbocycles. The van der Waals surface area contributed by atoms with Crippen LogP contribution in [-0.2, 0) is 10.3 Å². The highest BCUT2D eigenvalue weighted by atomic mass is 16.7. The summed E-state index contributed by atoms with van der Waals surface area (Å²) in [7, 11) is 1.51. The van der Waals surface area contributed by atoms with E-state index in [0.29, 0.717) is 28.4 Å². The molecule has 2 aliphatic heterocycles. The molecule has 3 amide bonds. The minimum atomic E-state index is -1.16. The standard InChI is InChI=1S/C19H17N3O5/c1-19(13-6-4-3-5-7-13)17(23)22(18(24)21-19)20-10-12-8-14(25-2)16-15(9-12)26-11-27-16/h3-10H,11H2,1-2H3,(H,21,24)/b20-10-/t19-/m1/s1. The van der Waals surface area contributed by atoms with E-state index in [0.717, 1.165) is 5.01 Å². The summed E-state index contributed by atoms with van der Waals surface area (Å²) >= 11 is 0. The average molecular weight is 367 g/mol. The Labute approximate surface area is 155 Å². The average Bonchev–Trinajstić information content (AvgIpc) is 3.24. The maximum atomic E-state index is 12.8. The quantitative estimate of drug-likeness (QED) is 0.661. The number of benzene rings is 2. The molecule has 1 fully saturated rings. The lowest BCUT2D eigenvalue weighted by molar-refractivity contribution is -0.131. The zero-order valence-electron chi connectivity index (χ0n) is 14.8. The molecule has 138 valence electrons. The highest BCUT2D eigenvalue weighted by Crippen LogP contribution is 2.41. The lowest BCUT2D eigenvalue weighted by Crippen LogP contribution is -2.40. The maximum Gasteiger partial charge on any atom is 0.346 e. The van der Waals surface area contributed by atoms with Crippen molar-refractivity contribution >= 4 is 18.2 Å². The Bertz CT molecular complexity index is 944. The third-order valence-corrected chi connectivity index (χ3v) is 4.52. The zero-order valence-corrected chi connectivity index (χ0v) is 14.8. The number of rotatable bonds is 4. The number of hydrogen-bond donors (Lipinski definition) is 1. The predicted molar refractivity (Wildman–Crippen MR) is 95.9 cm³/mol. The van der Waals surface area contributed by atoms with Gasteiger partial charge in [0, 0.05) is 5.56 Å². The van der Waals surface area contributed by atoms with Crippen molar-refractivity contribution in [2.75, 3.05) is 13.9 Å². The first-order valence-electron chi connectivity index (χ1n) is 8.27. The molecule has 0 unspecified atom stereocenters. The number of carbonyl (C=O) groups is 2. The minimum Gasteiger partial charge on any atom is -0.493 e. The van der Waals surface area contributed by atoms with Crippen LogP contribution >= 0.6 is 0 Å². The molecule has 27 heavy (non-hydrogen) atoms. The van der Waals surface area contributed by atoms with Gasteiger partial charge >= 0.3 is 6.03 Å². The summed E-state index contributed by atoms with van der Waals surface area (Å²) in [4.78, 5) is 25.1. The topological polar surface area (TPSA) is 89.5 Å². The van der Waals surface area contributed by atoms with Crippen molar-refractivity contribution in [3.05, 3.63) is 53.6 Å². The number of urea groups is 1. The number of nitrogens with one attached hydrogen (secondary N) is 1. The maximum absolute atomic E-state index is 12.8. The first-order valence-corrected chi connectivity index (χ1v) is 8.27. The third kappa shape index (κ3) is 2.75. The van der Waals surface area contributed by atoms with E-state index in [2.05, 4.69) is 10.4 Å². The molecule has 8 nitrogen and oxygen atoms in total. The second-order valence-electron chi connectivity index (χ2n) is 6.24. The van der Waals surface area contributed by atoms with Gasteiger partial charge < -0.3 is 19.5 Å². The summed E-state index contributed by atoms with van der Waals surface area (Å²) in [5.41, 5.74) is 0.123. The van der Waals surface area contributed by atoms with Gasteiger partial charge in [0.15, 0.2) is 11.5 Å². The van der Waals surface area contributed by atoms with Gasteiger partial charge in [-0.2, -0.15) is 5.10 Å². The first-order chi connectivity index (χ1) is 13.0. The van der Waals surface area contributed by atoms with Crippen LogP contribution in [0.15, 0.2) is 47.6 Å². The Balaban J connectivity index is 1.62. The molecular formula is C19H17N3O5. The van der Waals surface area contributed by atoms with Gasteiger partial charge in [0.25, 0.3) is 5.91 Å². The molecule has 1 atom stereocenters. The van der Waals surface area contributed by atoms with Gasteiger partial charge in [0.1, 0.15) is 5.54 Å².